The fraction of sp³-hybridized carbons (Fsp3) is 0.933. The van der Waals surface area contributed by atoms with E-state index in [4.69, 9.17) is 0 Å². The average molecular weight is 269 g/mol. The van der Waals surface area contributed by atoms with Crippen molar-refractivity contribution in [2.75, 3.05) is 6.54 Å². The molecule has 1 unspecified atom stereocenters. The molecule has 0 aliphatic carbocycles. The summed E-state index contributed by atoms with van der Waals surface area (Å²) in [7, 11) is 0. The van der Waals surface area contributed by atoms with E-state index in [1.165, 1.54) is 0 Å². The van der Waals surface area contributed by atoms with E-state index in [-0.39, 0.29) is 11.4 Å². The number of rotatable bonds is 2. The number of carbonyl (C=O) groups is 1. The van der Waals surface area contributed by atoms with Gasteiger partial charge in [-0.3, -0.25) is 4.79 Å². The van der Waals surface area contributed by atoms with Crippen molar-refractivity contribution in [3.05, 3.63) is 0 Å². The van der Waals surface area contributed by atoms with Crippen LogP contribution in [0.1, 0.15) is 61.8 Å². The van der Waals surface area contributed by atoms with Gasteiger partial charge >= 0.3 is 0 Å². The van der Waals surface area contributed by atoms with Gasteiger partial charge in [0.1, 0.15) is 5.54 Å². The molecule has 111 valence electrons. The van der Waals surface area contributed by atoms with Crippen molar-refractivity contribution in [1.82, 2.24) is 9.96 Å². The SMILES string of the molecule is CC(C)CC1(C)C(=O)N(C(C)(C)C)CC(C)(C)N1[O]. The smallest absolute Gasteiger partial charge is 0.245 e. The van der Waals surface area contributed by atoms with Gasteiger partial charge in [-0.15, -0.1) is 10.3 Å². The van der Waals surface area contributed by atoms with Gasteiger partial charge in [-0.25, -0.2) is 0 Å². The Hall–Kier alpha value is -0.610. The van der Waals surface area contributed by atoms with E-state index in [9.17, 15) is 10.0 Å². The van der Waals surface area contributed by atoms with E-state index < -0.39 is 11.1 Å². The Balaban J connectivity index is 3.24. The zero-order valence-electron chi connectivity index (χ0n) is 13.7. The number of hydrogen-bond donors (Lipinski definition) is 0. The van der Waals surface area contributed by atoms with Crippen LogP contribution >= 0.6 is 0 Å². The van der Waals surface area contributed by atoms with Crippen molar-refractivity contribution >= 4 is 5.91 Å². The highest BCUT2D eigenvalue weighted by Gasteiger charge is 2.55. The predicted octanol–water partition coefficient (Wildman–Crippen LogP) is 2.86. The van der Waals surface area contributed by atoms with Crippen molar-refractivity contribution in [3.63, 3.8) is 0 Å². The molecule has 0 aromatic carbocycles. The molecule has 0 saturated carbocycles. The minimum Gasteiger partial charge on any atom is -0.334 e. The zero-order valence-corrected chi connectivity index (χ0v) is 13.7. The Labute approximate surface area is 117 Å². The predicted molar refractivity (Wildman–Crippen MR) is 75.9 cm³/mol. The normalized spacial score (nSPS) is 29.2. The van der Waals surface area contributed by atoms with Gasteiger partial charge in [0.25, 0.3) is 0 Å². The lowest BCUT2D eigenvalue weighted by Gasteiger charge is -2.55. The molecule has 1 aliphatic heterocycles. The fourth-order valence-electron chi connectivity index (χ4n) is 3.08. The number of amides is 1. The first kappa shape index (κ1) is 16.4. The van der Waals surface area contributed by atoms with Crippen molar-refractivity contribution in [2.24, 2.45) is 5.92 Å². The van der Waals surface area contributed by atoms with Crippen LogP contribution in [0.4, 0.5) is 0 Å². The van der Waals surface area contributed by atoms with E-state index in [1.807, 2.05) is 39.5 Å². The molecule has 1 amide bonds. The molecule has 19 heavy (non-hydrogen) atoms. The van der Waals surface area contributed by atoms with Gasteiger partial charge in [-0.2, -0.15) is 0 Å². The lowest BCUT2D eigenvalue weighted by molar-refractivity contribution is -0.295. The maximum atomic E-state index is 12.8. The van der Waals surface area contributed by atoms with E-state index in [2.05, 4.69) is 13.8 Å². The standard InChI is InChI=1S/C15H29N2O2/c1-11(2)9-15(8)12(18)16(13(3,4)5)10-14(6,7)17(15)19/h11H,9-10H2,1-8H3. The van der Waals surface area contributed by atoms with E-state index in [0.717, 1.165) is 5.06 Å². The van der Waals surface area contributed by atoms with Crippen LogP contribution < -0.4 is 0 Å². The van der Waals surface area contributed by atoms with Crippen molar-refractivity contribution in [2.45, 2.75) is 78.4 Å². The molecule has 0 spiro atoms. The van der Waals surface area contributed by atoms with Crippen LogP contribution in [0.15, 0.2) is 0 Å². The second-order valence-corrected chi connectivity index (χ2v) is 8.04. The molecular formula is C15H29N2O2. The first-order valence-corrected chi connectivity index (χ1v) is 7.12. The van der Waals surface area contributed by atoms with Gasteiger partial charge in [-0.05, 0) is 53.9 Å². The number of piperazine rings is 1. The van der Waals surface area contributed by atoms with Gasteiger partial charge in [0.05, 0.1) is 5.54 Å². The molecule has 1 saturated heterocycles. The molecule has 0 bridgehead atoms. The summed E-state index contributed by atoms with van der Waals surface area (Å²) < 4.78 is 0. The summed E-state index contributed by atoms with van der Waals surface area (Å²) in [5, 5.41) is 13.7. The summed E-state index contributed by atoms with van der Waals surface area (Å²) in [5.41, 5.74) is -1.76. The lowest BCUT2D eigenvalue weighted by Crippen LogP contribution is -2.73. The molecule has 1 rings (SSSR count). The second kappa shape index (κ2) is 4.74. The molecule has 4 nitrogen and oxygen atoms in total. The summed E-state index contributed by atoms with van der Waals surface area (Å²) in [6.45, 7) is 16.3. The zero-order chi connectivity index (χ0) is 15.2. The average Bonchev–Trinajstić information content (AvgIpc) is 2.19. The van der Waals surface area contributed by atoms with Crippen LogP contribution in [-0.2, 0) is 10.0 Å². The third-order valence-corrected chi connectivity index (χ3v) is 3.86. The third kappa shape index (κ3) is 2.95. The number of hydroxylamine groups is 2. The number of carbonyl (C=O) groups excluding carboxylic acids is 1. The molecule has 4 heteroatoms. The highest BCUT2D eigenvalue weighted by molar-refractivity contribution is 5.87. The largest absolute Gasteiger partial charge is 0.334 e. The molecule has 1 radical (unpaired) electrons. The van der Waals surface area contributed by atoms with Crippen LogP contribution in [0.3, 0.4) is 0 Å². The van der Waals surface area contributed by atoms with Crippen LogP contribution in [0.25, 0.3) is 0 Å². The summed E-state index contributed by atoms with van der Waals surface area (Å²) in [6, 6.07) is 0. The minimum atomic E-state index is -0.955. The molecule has 1 atom stereocenters. The molecule has 1 fully saturated rings. The molecular weight excluding hydrogens is 240 g/mol. The Morgan fingerprint density at radius 3 is 2.05 bits per heavy atom. The van der Waals surface area contributed by atoms with E-state index in [1.54, 1.807) is 6.92 Å². The van der Waals surface area contributed by atoms with Gasteiger partial charge in [-0.1, -0.05) is 13.8 Å². The Bertz CT molecular complexity index is 358. The van der Waals surface area contributed by atoms with E-state index >= 15 is 0 Å². The maximum absolute atomic E-state index is 12.8. The topological polar surface area (TPSA) is 43.5 Å². The van der Waals surface area contributed by atoms with Crippen LogP contribution in [0.5, 0.6) is 0 Å². The first-order valence-electron chi connectivity index (χ1n) is 7.12. The quantitative estimate of drug-likeness (QED) is 0.773. The first-order chi connectivity index (χ1) is 8.32. The minimum absolute atomic E-state index is 0.0389. The summed E-state index contributed by atoms with van der Waals surface area (Å²) in [6.07, 6.45) is 0.589. The van der Waals surface area contributed by atoms with Crippen molar-refractivity contribution in [3.8, 4) is 0 Å². The molecule has 1 heterocycles. The summed E-state index contributed by atoms with van der Waals surface area (Å²) in [4.78, 5) is 14.7. The summed E-state index contributed by atoms with van der Waals surface area (Å²) in [5.74, 6) is 0.268. The van der Waals surface area contributed by atoms with Gasteiger partial charge in [0.2, 0.25) is 5.91 Å². The number of hydrogen-bond acceptors (Lipinski definition) is 2. The molecule has 1 aliphatic rings. The Morgan fingerprint density at radius 1 is 1.21 bits per heavy atom. The molecule has 0 aromatic rings. The highest BCUT2D eigenvalue weighted by atomic mass is 16.5. The summed E-state index contributed by atoms with van der Waals surface area (Å²) >= 11 is 0. The Kier molecular flexibility index (Phi) is 4.10. The Morgan fingerprint density at radius 2 is 1.68 bits per heavy atom. The monoisotopic (exact) mass is 269 g/mol. The van der Waals surface area contributed by atoms with Crippen molar-refractivity contribution < 1.29 is 10.0 Å². The van der Waals surface area contributed by atoms with Gasteiger partial charge < -0.3 is 4.90 Å². The second-order valence-electron chi connectivity index (χ2n) is 8.04. The van der Waals surface area contributed by atoms with Gasteiger partial charge in [0.15, 0.2) is 0 Å². The van der Waals surface area contributed by atoms with Gasteiger partial charge in [0, 0.05) is 12.1 Å². The van der Waals surface area contributed by atoms with Crippen LogP contribution in [-0.4, -0.2) is 39.0 Å². The third-order valence-electron chi connectivity index (χ3n) is 3.86. The van der Waals surface area contributed by atoms with Crippen LogP contribution in [0.2, 0.25) is 0 Å². The van der Waals surface area contributed by atoms with E-state index in [0.29, 0.717) is 18.9 Å². The van der Waals surface area contributed by atoms with Crippen molar-refractivity contribution in [1.29, 1.82) is 0 Å². The fourth-order valence-corrected chi connectivity index (χ4v) is 3.08. The number of nitrogens with zero attached hydrogens (tertiary/aromatic N) is 2. The van der Waals surface area contributed by atoms with Crippen LogP contribution in [0, 0.1) is 5.92 Å². The lowest BCUT2D eigenvalue weighted by atomic mass is 9.80. The highest BCUT2D eigenvalue weighted by Crippen LogP contribution is 2.38. The maximum Gasteiger partial charge on any atom is 0.245 e. The molecule has 0 N–H and O–H groups in total. The molecule has 0 aromatic heterocycles.